The third-order valence-electron chi connectivity index (χ3n) is 26.5. The van der Waals surface area contributed by atoms with Crippen LogP contribution in [-0.4, -0.2) is 34.8 Å². The third-order valence-corrected chi connectivity index (χ3v) is 36.5. The number of para-hydroxylation sites is 10. The maximum absolute atomic E-state index is 6.62. The summed E-state index contributed by atoms with van der Waals surface area (Å²) in [4.78, 5) is 3.52. The first-order valence-corrected chi connectivity index (χ1v) is 48.8. The number of fused-ring (bicyclic) bond motifs is 18. The van der Waals surface area contributed by atoms with Crippen molar-refractivity contribution in [3.05, 3.63) is 490 Å². The molecule has 0 unspecified atom stereocenters. The van der Waals surface area contributed by atoms with Gasteiger partial charge in [0.2, 0.25) is 0 Å². The molecule has 0 aliphatic heterocycles. The van der Waals surface area contributed by atoms with E-state index in [-0.39, 0.29) is 0 Å². The van der Waals surface area contributed by atoms with Crippen molar-refractivity contribution in [2.24, 2.45) is 0 Å². The number of rotatable bonds is 13. The summed E-state index contributed by atoms with van der Waals surface area (Å²) in [6.45, 7) is 0. The van der Waals surface area contributed by atoms with Crippen LogP contribution in [0.25, 0.3) is 170 Å². The van der Waals surface area contributed by atoms with Crippen LogP contribution >= 0.6 is 15.9 Å². The van der Waals surface area contributed by atoms with Gasteiger partial charge in [-0.25, -0.2) is 0 Å². The highest BCUT2D eigenvalue weighted by molar-refractivity contribution is 9.10. The Morgan fingerprint density at radius 3 is 0.938 bits per heavy atom. The minimum atomic E-state index is -2.99. The van der Waals surface area contributed by atoms with Crippen molar-refractivity contribution in [2.45, 2.75) is 0 Å². The van der Waals surface area contributed by atoms with Gasteiger partial charge in [0.15, 0.2) is 16.1 Å². The molecule has 20 aromatic carbocycles. The van der Waals surface area contributed by atoms with Crippen LogP contribution in [-0.2, 0) is 0 Å². The molecule has 6 aromatic heterocycles. The van der Waals surface area contributed by atoms with Gasteiger partial charge >= 0.3 is 0 Å². The number of nitrogens with one attached hydrogen (secondary N) is 1. The lowest BCUT2D eigenvalue weighted by Gasteiger charge is -2.35. The Morgan fingerprint density at radius 1 is 0.194 bits per heavy atom. The Balaban J connectivity index is 0.000000120. The molecule has 0 amide bonds. The number of aromatic nitrogens is 4. The van der Waals surface area contributed by atoms with E-state index in [9.17, 15) is 0 Å². The Hall–Kier alpha value is -15.9. The third kappa shape index (κ3) is 12.8. The molecular formula is C120H81BrN4O2Si2. The largest absolute Gasteiger partial charge is 0.455 e. The zero-order valence-electron chi connectivity index (χ0n) is 70.2. The molecule has 0 spiro atoms. The molecule has 0 radical (unpaired) electrons. The molecule has 129 heavy (non-hydrogen) atoms. The maximum atomic E-state index is 6.62. The van der Waals surface area contributed by atoms with E-state index in [1.54, 1.807) is 0 Å². The minimum Gasteiger partial charge on any atom is -0.455 e. The molecule has 608 valence electrons. The molecule has 0 saturated carbocycles. The van der Waals surface area contributed by atoms with Crippen molar-refractivity contribution >= 4 is 205 Å². The molecule has 0 saturated heterocycles. The Bertz CT molecular complexity index is 8620. The van der Waals surface area contributed by atoms with Crippen LogP contribution in [0.3, 0.4) is 0 Å². The average Bonchev–Trinajstić information content (AvgIpc) is 1.25. The maximum Gasteiger partial charge on any atom is 0.179 e. The molecule has 0 bridgehead atoms. The second-order valence-corrected chi connectivity index (χ2v) is 42.0. The molecule has 26 aromatic rings. The predicted octanol–water partition coefficient (Wildman–Crippen LogP) is 26.6. The SMILES string of the molecule is Brc1cccc([Si](c2ccccc2)(c2ccccc2)c2cccc(-c3cccc4c3oc3ccccc34)c2)c1.c1ccc([Si](c2ccccc2)(c2cccc(-c3cccc4c3oc3ccccc34)c2)c2cccc(-n3c4ccccc4c4cc(-n5c6ccccc6c6ccccc65)ccc43)c2)cc1.c1ccc2c(c1)[nH]c1ccc(-n3c4ccccc4c4ccccc43)cc12. The quantitative estimate of drug-likeness (QED) is 0.0924. The number of aromatic amines is 1. The fraction of sp³-hybridized carbons (Fsp3) is 0. The highest BCUT2D eigenvalue weighted by Gasteiger charge is 2.44. The number of halogens is 1. The van der Waals surface area contributed by atoms with Crippen molar-refractivity contribution < 1.29 is 8.83 Å². The Morgan fingerprint density at radius 2 is 0.496 bits per heavy atom. The van der Waals surface area contributed by atoms with E-state index < -0.39 is 16.1 Å². The normalized spacial score (nSPS) is 11.9. The van der Waals surface area contributed by atoms with Gasteiger partial charge in [-0.15, -0.1) is 0 Å². The summed E-state index contributed by atoms with van der Waals surface area (Å²) in [7, 11) is -5.64. The van der Waals surface area contributed by atoms with Crippen molar-refractivity contribution in [3.8, 4) is 39.3 Å². The fourth-order valence-electron chi connectivity index (χ4n) is 20.9. The standard InChI is InChI=1S/C60H40N2OSi.C36H25BrOSi.C24H16N2/c1-3-20-44(21-4-1)64(45-22-5-2-6-23-45,46-24-15-18-41(38-46)48-30-17-31-53-52-29-10-14-35-59(52)63-60(48)53)47-25-16-19-42(39-47)61-57-34-13-9-28-51(57)54-40-43(36-37-58(54)61)62-55-32-11-7-26-49(55)50-27-8-12-33-56(50)62;37-27-13-10-19-31(25-27)39(28-14-3-1-4-15-28,29-16-5-2-6-17-29)30-18-9-12-26(24-30)32-21-11-22-34-33-20-7-8-23-35(33)38-36(32)34;1-4-10-21-17(7-1)20-15-16(13-14-22(20)25-21)26-23-11-5-2-8-18(23)19-9-3-6-12-24(19)26/h1-40H;1-25H;1-15,25H. The molecule has 6 nitrogen and oxygen atoms in total. The summed E-state index contributed by atoms with van der Waals surface area (Å²) in [6, 6.07) is 177. The number of H-pyrrole nitrogens is 1. The number of benzene rings is 20. The van der Waals surface area contributed by atoms with E-state index in [1.165, 1.54) is 134 Å². The molecule has 1 N–H and O–H groups in total. The zero-order valence-corrected chi connectivity index (χ0v) is 73.8. The van der Waals surface area contributed by atoms with Crippen molar-refractivity contribution in [1.82, 2.24) is 18.7 Å². The first-order chi connectivity index (χ1) is 63.9. The number of nitrogens with zero attached hydrogens (tertiary/aromatic N) is 3. The molecule has 9 heteroatoms. The van der Waals surface area contributed by atoms with Crippen molar-refractivity contribution in [1.29, 1.82) is 0 Å². The molecule has 0 atom stereocenters. The van der Waals surface area contributed by atoms with Gasteiger partial charge in [0, 0.05) is 108 Å². The van der Waals surface area contributed by atoms with E-state index in [0.29, 0.717) is 0 Å². The number of hydrogen-bond acceptors (Lipinski definition) is 2. The summed E-state index contributed by atoms with van der Waals surface area (Å²) in [5, 5.41) is 25.3. The van der Waals surface area contributed by atoms with Crippen molar-refractivity contribution in [2.75, 3.05) is 0 Å². The van der Waals surface area contributed by atoms with E-state index >= 15 is 0 Å². The van der Waals surface area contributed by atoms with E-state index in [0.717, 1.165) is 82.0 Å². The molecule has 6 heterocycles. The zero-order chi connectivity index (χ0) is 85.5. The van der Waals surface area contributed by atoms with E-state index in [4.69, 9.17) is 8.83 Å². The van der Waals surface area contributed by atoms with Gasteiger partial charge in [0.1, 0.15) is 22.3 Å². The summed E-state index contributed by atoms with van der Waals surface area (Å²) in [6.07, 6.45) is 0. The van der Waals surface area contributed by atoms with Gasteiger partial charge in [-0.1, -0.05) is 392 Å². The molecule has 0 fully saturated rings. The molecule has 0 aliphatic carbocycles. The number of furan rings is 2. The van der Waals surface area contributed by atoms with Gasteiger partial charge in [-0.3, -0.25) is 0 Å². The van der Waals surface area contributed by atoms with Gasteiger partial charge in [-0.05, 0) is 162 Å². The highest BCUT2D eigenvalue weighted by atomic mass is 79.9. The lowest BCUT2D eigenvalue weighted by molar-refractivity contribution is 0.669. The van der Waals surface area contributed by atoms with Crippen LogP contribution in [0.2, 0.25) is 0 Å². The van der Waals surface area contributed by atoms with Crippen LogP contribution in [0.4, 0.5) is 0 Å². The van der Waals surface area contributed by atoms with E-state index in [2.05, 4.69) is 502 Å². The lowest BCUT2D eigenvalue weighted by atomic mass is 10.0. The highest BCUT2D eigenvalue weighted by Crippen LogP contribution is 2.42. The van der Waals surface area contributed by atoms with Gasteiger partial charge in [0.25, 0.3) is 0 Å². The molecular weight excluding hydrogens is 1670 g/mol. The monoisotopic (exact) mass is 1740 g/mol. The average molecular weight is 1750 g/mol. The summed E-state index contributed by atoms with van der Waals surface area (Å²) in [5.41, 5.74) is 21.3. The minimum absolute atomic E-state index is 0.906. The lowest BCUT2D eigenvalue weighted by Crippen LogP contribution is -2.74. The van der Waals surface area contributed by atoms with Crippen LogP contribution in [0.15, 0.2) is 499 Å². The predicted molar refractivity (Wildman–Crippen MR) is 552 cm³/mol. The smallest absolute Gasteiger partial charge is 0.179 e. The Kier molecular flexibility index (Phi) is 19.0. The van der Waals surface area contributed by atoms with Crippen LogP contribution in [0.1, 0.15) is 0 Å². The van der Waals surface area contributed by atoms with Crippen LogP contribution < -0.4 is 41.5 Å². The number of hydrogen-bond donors (Lipinski definition) is 1. The molecule has 26 rings (SSSR count). The van der Waals surface area contributed by atoms with Gasteiger partial charge in [0.05, 0.1) is 33.1 Å². The van der Waals surface area contributed by atoms with Crippen molar-refractivity contribution in [3.63, 3.8) is 0 Å². The summed E-state index contributed by atoms with van der Waals surface area (Å²) >= 11 is 3.78. The summed E-state index contributed by atoms with van der Waals surface area (Å²) < 4.78 is 21.4. The van der Waals surface area contributed by atoms with Gasteiger partial charge in [-0.2, -0.15) is 0 Å². The fourth-order valence-corrected chi connectivity index (χ4v) is 31.1. The first-order valence-electron chi connectivity index (χ1n) is 44.0. The summed E-state index contributed by atoms with van der Waals surface area (Å²) in [5.74, 6) is 0. The first kappa shape index (κ1) is 76.7. The molecule has 0 aliphatic rings. The second kappa shape index (κ2) is 32.0. The second-order valence-electron chi connectivity index (χ2n) is 33.4. The topological polar surface area (TPSA) is 56.9 Å². The van der Waals surface area contributed by atoms with Crippen LogP contribution in [0, 0.1) is 0 Å². The van der Waals surface area contributed by atoms with Crippen LogP contribution in [0.5, 0.6) is 0 Å². The van der Waals surface area contributed by atoms with Gasteiger partial charge < -0.3 is 27.5 Å². The Labute approximate surface area is 755 Å². The van der Waals surface area contributed by atoms with E-state index in [1.807, 2.05) is 18.2 Å².